The minimum atomic E-state index is -0.672. The number of carbonyl (C=O) groups is 2. The predicted octanol–water partition coefficient (Wildman–Crippen LogP) is 2.23. The maximum absolute atomic E-state index is 12.5. The molecule has 1 aliphatic rings. The second-order valence-corrected chi connectivity index (χ2v) is 6.25. The van der Waals surface area contributed by atoms with Crippen LogP contribution in [0.2, 0.25) is 0 Å². The molecule has 132 valence electrons. The molecule has 1 atom stereocenters. The highest BCUT2D eigenvalue weighted by Crippen LogP contribution is 2.28. The highest BCUT2D eigenvalue weighted by Gasteiger charge is 2.35. The number of furan rings is 1. The van der Waals surface area contributed by atoms with Crippen molar-refractivity contribution in [3.05, 3.63) is 35.4 Å². The maximum atomic E-state index is 12.5. The van der Waals surface area contributed by atoms with Gasteiger partial charge in [0.1, 0.15) is 11.8 Å². The predicted molar refractivity (Wildman–Crippen MR) is 89.1 cm³/mol. The normalized spacial score (nSPS) is 18.2. The Balaban J connectivity index is 2.38. The summed E-state index contributed by atoms with van der Waals surface area (Å²) in [5.74, 6) is 0.0117. The van der Waals surface area contributed by atoms with E-state index in [0.29, 0.717) is 23.6 Å². The molecule has 1 aromatic rings. The van der Waals surface area contributed by atoms with Gasteiger partial charge in [0.2, 0.25) is 0 Å². The zero-order chi connectivity index (χ0) is 17.7. The first-order chi connectivity index (χ1) is 11.4. The lowest BCUT2D eigenvalue weighted by Crippen LogP contribution is -2.50. The molecule has 0 spiro atoms. The Kier molecular flexibility index (Phi) is 5.66. The molecule has 2 heterocycles. The maximum Gasteiger partial charge on any atom is 0.338 e. The van der Waals surface area contributed by atoms with E-state index in [1.165, 1.54) is 6.26 Å². The topological polar surface area (TPSA) is 92.6 Å². The van der Waals surface area contributed by atoms with Crippen LogP contribution >= 0.6 is 0 Å². The Bertz CT molecular complexity index is 620. The summed E-state index contributed by atoms with van der Waals surface area (Å²) >= 11 is 0. The zero-order valence-corrected chi connectivity index (χ0v) is 14.6. The van der Waals surface area contributed by atoms with Gasteiger partial charge in [0.05, 0.1) is 18.4 Å². The van der Waals surface area contributed by atoms with E-state index in [-0.39, 0.29) is 18.2 Å². The van der Waals surface area contributed by atoms with Gasteiger partial charge in [-0.3, -0.25) is 0 Å². The molecule has 0 saturated carbocycles. The Labute approximate surface area is 141 Å². The van der Waals surface area contributed by atoms with Crippen LogP contribution in [0.15, 0.2) is 34.1 Å². The van der Waals surface area contributed by atoms with Gasteiger partial charge in [-0.2, -0.15) is 0 Å². The Hall–Kier alpha value is -2.28. The van der Waals surface area contributed by atoms with Gasteiger partial charge in [0, 0.05) is 17.8 Å². The first kappa shape index (κ1) is 18.1. The number of ether oxygens (including phenoxy) is 1. The van der Waals surface area contributed by atoms with Crippen molar-refractivity contribution in [2.75, 3.05) is 13.2 Å². The van der Waals surface area contributed by atoms with E-state index in [4.69, 9.17) is 9.15 Å². The number of nitrogens with one attached hydrogen (secondary N) is 3. The molecule has 24 heavy (non-hydrogen) atoms. The van der Waals surface area contributed by atoms with E-state index in [0.717, 1.165) is 6.42 Å². The van der Waals surface area contributed by atoms with Crippen molar-refractivity contribution in [3.63, 3.8) is 0 Å². The standard InChI is InChI=1S/C17H25N3O4/c1-5-17(3,4)18-10-11-13(15(21)23-6-2)14(20-16(22)19-11)12-8-7-9-24-12/h7-9,14,18H,5-6,10H2,1-4H3,(H2,19,20,22)/t14-/m1/s1. The van der Waals surface area contributed by atoms with Crippen LogP contribution in [0.5, 0.6) is 0 Å². The van der Waals surface area contributed by atoms with Crippen LogP contribution in [0.3, 0.4) is 0 Å². The molecule has 7 heteroatoms. The fraction of sp³-hybridized carbons (Fsp3) is 0.529. The largest absolute Gasteiger partial charge is 0.467 e. The van der Waals surface area contributed by atoms with E-state index in [1.54, 1.807) is 19.1 Å². The summed E-state index contributed by atoms with van der Waals surface area (Å²) in [6, 6.07) is 2.38. The molecule has 0 unspecified atom stereocenters. The quantitative estimate of drug-likeness (QED) is 0.665. The number of amides is 2. The van der Waals surface area contributed by atoms with Gasteiger partial charge < -0.3 is 25.1 Å². The van der Waals surface area contributed by atoms with Gasteiger partial charge in [-0.15, -0.1) is 0 Å². The van der Waals surface area contributed by atoms with Crippen molar-refractivity contribution in [2.45, 2.75) is 45.7 Å². The SMILES string of the molecule is CCOC(=O)C1=C(CNC(C)(C)CC)NC(=O)N[C@@H]1c1ccco1. The first-order valence-electron chi connectivity index (χ1n) is 8.14. The third-order valence-corrected chi connectivity index (χ3v) is 4.10. The second kappa shape index (κ2) is 7.53. The molecule has 0 aromatic carbocycles. The second-order valence-electron chi connectivity index (χ2n) is 6.25. The number of hydrogen-bond acceptors (Lipinski definition) is 5. The Morgan fingerprint density at radius 1 is 1.42 bits per heavy atom. The van der Waals surface area contributed by atoms with Crippen LogP contribution in [0.1, 0.15) is 45.9 Å². The lowest BCUT2D eigenvalue weighted by molar-refractivity contribution is -0.139. The highest BCUT2D eigenvalue weighted by molar-refractivity contribution is 5.95. The number of rotatable bonds is 7. The molecular weight excluding hydrogens is 310 g/mol. The Morgan fingerprint density at radius 2 is 2.17 bits per heavy atom. The lowest BCUT2D eigenvalue weighted by Gasteiger charge is -2.31. The molecule has 0 saturated heterocycles. The minimum Gasteiger partial charge on any atom is -0.467 e. The summed E-state index contributed by atoms with van der Waals surface area (Å²) in [5.41, 5.74) is 0.730. The van der Waals surface area contributed by atoms with Crippen LogP contribution < -0.4 is 16.0 Å². The first-order valence-corrected chi connectivity index (χ1v) is 8.14. The van der Waals surface area contributed by atoms with Crippen LogP contribution in [0.4, 0.5) is 4.79 Å². The van der Waals surface area contributed by atoms with E-state index in [9.17, 15) is 9.59 Å². The summed E-state index contributed by atoms with van der Waals surface area (Å²) in [5, 5.41) is 8.79. The molecular formula is C17H25N3O4. The van der Waals surface area contributed by atoms with E-state index >= 15 is 0 Å². The fourth-order valence-corrected chi connectivity index (χ4v) is 2.33. The molecule has 0 bridgehead atoms. The number of urea groups is 1. The third-order valence-electron chi connectivity index (χ3n) is 4.10. The van der Waals surface area contributed by atoms with Crippen molar-refractivity contribution in [2.24, 2.45) is 0 Å². The molecule has 2 amide bonds. The average molecular weight is 335 g/mol. The molecule has 7 nitrogen and oxygen atoms in total. The monoisotopic (exact) mass is 335 g/mol. The minimum absolute atomic E-state index is 0.122. The lowest BCUT2D eigenvalue weighted by atomic mass is 9.98. The molecule has 0 fully saturated rings. The van der Waals surface area contributed by atoms with E-state index in [2.05, 4.69) is 36.7 Å². The van der Waals surface area contributed by atoms with E-state index in [1.807, 2.05) is 0 Å². The van der Waals surface area contributed by atoms with Gasteiger partial charge in [-0.1, -0.05) is 6.92 Å². The molecule has 2 rings (SSSR count). The number of esters is 1. The average Bonchev–Trinajstić information content (AvgIpc) is 3.07. The van der Waals surface area contributed by atoms with Crippen molar-refractivity contribution >= 4 is 12.0 Å². The number of hydrogen-bond donors (Lipinski definition) is 3. The van der Waals surface area contributed by atoms with Gasteiger partial charge in [0.25, 0.3) is 0 Å². The molecule has 3 N–H and O–H groups in total. The zero-order valence-electron chi connectivity index (χ0n) is 14.6. The van der Waals surface area contributed by atoms with E-state index < -0.39 is 12.0 Å². The number of carbonyl (C=O) groups excluding carboxylic acids is 2. The van der Waals surface area contributed by atoms with Crippen LogP contribution in [0.25, 0.3) is 0 Å². The van der Waals surface area contributed by atoms with Gasteiger partial charge in [-0.05, 0) is 39.3 Å². The van der Waals surface area contributed by atoms with Gasteiger partial charge >= 0.3 is 12.0 Å². The van der Waals surface area contributed by atoms with Crippen LogP contribution in [-0.2, 0) is 9.53 Å². The van der Waals surface area contributed by atoms with Crippen molar-refractivity contribution in [1.29, 1.82) is 0 Å². The third kappa shape index (κ3) is 4.17. The van der Waals surface area contributed by atoms with Crippen LogP contribution in [0, 0.1) is 0 Å². The van der Waals surface area contributed by atoms with Crippen molar-refractivity contribution in [1.82, 2.24) is 16.0 Å². The fourth-order valence-electron chi connectivity index (χ4n) is 2.33. The Morgan fingerprint density at radius 3 is 2.75 bits per heavy atom. The van der Waals surface area contributed by atoms with Crippen LogP contribution in [-0.4, -0.2) is 30.7 Å². The summed E-state index contributed by atoms with van der Waals surface area (Å²) in [6.45, 7) is 8.53. The molecule has 0 radical (unpaired) electrons. The smallest absolute Gasteiger partial charge is 0.338 e. The van der Waals surface area contributed by atoms with Gasteiger partial charge in [-0.25, -0.2) is 9.59 Å². The summed E-state index contributed by atoms with van der Waals surface area (Å²) in [7, 11) is 0. The van der Waals surface area contributed by atoms with Crippen molar-refractivity contribution in [3.8, 4) is 0 Å². The highest BCUT2D eigenvalue weighted by atomic mass is 16.5. The summed E-state index contributed by atoms with van der Waals surface area (Å²) < 4.78 is 10.6. The molecule has 0 aliphatic carbocycles. The van der Waals surface area contributed by atoms with Gasteiger partial charge in [0.15, 0.2) is 0 Å². The van der Waals surface area contributed by atoms with Crippen molar-refractivity contribution < 1.29 is 18.7 Å². The summed E-state index contributed by atoms with van der Waals surface area (Å²) in [4.78, 5) is 24.5. The summed E-state index contributed by atoms with van der Waals surface area (Å²) in [6.07, 6.45) is 2.41. The molecule has 1 aliphatic heterocycles. The molecule has 1 aromatic heterocycles.